The molecule has 0 aromatic heterocycles. The van der Waals surface area contributed by atoms with E-state index in [9.17, 15) is 40.5 Å². The van der Waals surface area contributed by atoms with E-state index in [1.807, 2.05) is 0 Å². The van der Waals surface area contributed by atoms with E-state index >= 15 is 0 Å². The Morgan fingerprint density at radius 2 is 1.73 bits per heavy atom. The number of aliphatic hydroxyl groups is 7. The number of carbonyl (C=O) groups is 1. The van der Waals surface area contributed by atoms with Gasteiger partial charge in [0.1, 0.15) is 24.4 Å². The zero-order valence-corrected chi connectivity index (χ0v) is 18.9. The van der Waals surface area contributed by atoms with E-state index in [4.69, 9.17) is 14.2 Å². The van der Waals surface area contributed by atoms with E-state index in [1.165, 1.54) is 4.90 Å². The lowest BCUT2D eigenvalue weighted by molar-refractivity contribution is -0.381. The second-order valence-electron chi connectivity index (χ2n) is 9.73. The van der Waals surface area contributed by atoms with Crippen molar-refractivity contribution in [3.05, 3.63) is 0 Å². The molecule has 7 N–H and O–H groups in total. The third kappa shape index (κ3) is 6.01. The Kier molecular flexibility index (Phi) is 8.71. The van der Waals surface area contributed by atoms with Crippen LogP contribution in [-0.4, -0.2) is 115 Å². The number of aliphatic hydroxyl groups excluding tert-OH is 4. The van der Waals surface area contributed by atoms with E-state index in [0.717, 1.165) is 6.42 Å². The molecule has 33 heavy (non-hydrogen) atoms. The highest BCUT2D eigenvalue weighted by Crippen LogP contribution is 2.35. The van der Waals surface area contributed by atoms with Crippen molar-refractivity contribution < 1.29 is 54.8 Å². The summed E-state index contributed by atoms with van der Waals surface area (Å²) in [6.07, 6.45) is -7.37. The molecule has 3 saturated heterocycles. The minimum atomic E-state index is -3.04. The molecule has 0 spiro atoms. The van der Waals surface area contributed by atoms with Crippen LogP contribution in [0.5, 0.6) is 0 Å². The molecule has 3 aliphatic rings. The number of hydrogen-bond donors (Lipinski definition) is 7. The first-order chi connectivity index (χ1) is 15.5. The Morgan fingerprint density at radius 1 is 1.06 bits per heavy atom. The lowest BCUT2D eigenvalue weighted by Crippen LogP contribution is -2.65. The van der Waals surface area contributed by atoms with Crippen LogP contribution in [0.4, 0.5) is 0 Å². The number of rotatable bonds is 8. The molecule has 3 fully saturated rings. The standard InChI is InChI=1S/C21H37NO11/c1-10(2)5-11-6-15(25)22(7-11)20-18(27)17(26)19(14(9-24)32-20)33-16-4-3-12(21(28,29)30)13(8-23)31-16/h10-14,16-20,23-24,26-30H,3-9H2,1-2H3. The van der Waals surface area contributed by atoms with Crippen LogP contribution in [-0.2, 0) is 19.0 Å². The SMILES string of the molecule is CC(C)CC1CC(=O)N(C2OC(CO)C(OC3CCC(C(O)(O)O)C(CO)O3)C(O)C2O)C1. The number of hydrogen-bond acceptors (Lipinski definition) is 11. The minimum absolute atomic E-state index is 0.0254. The van der Waals surface area contributed by atoms with E-state index in [0.29, 0.717) is 18.9 Å². The van der Waals surface area contributed by atoms with Crippen LogP contribution in [0.2, 0.25) is 0 Å². The van der Waals surface area contributed by atoms with Gasteiger partial charge in [0.25, 0.3) is 5.97 Å². The van der Waals surface area contributed by atoms with Gasteiger partial charge in [0.2, 0.25) is 5.91 Å². The van der Waals surface area contributed by atoms with Gasteiger partial charge in [-0.05, 0) is 31.1 Å². The maximum Gasteiger partial charge on any atom is 0.280 e. The Labute approximate surface area is 192 Å². The molecule has 0 aromatic carbocycles. The van der Waals surface area contributed by atoms with Gasteiger partial charge in [0.15, 0.2) is 12.5 Å². The summed E-state index contributed by atoms with van der Waals surface area (Å²) in [5, 5.41) is 69.2. The monoisotopic (exact) mass is 479 g/mol. The van der Waals surface area contributed by atoms with Crippen LogP contribution in [0.3, 0.4) is 0 Å². The summed E-state index contributed by atoms with van der Waals surface area (Å²) in [6.45, 7) is 3.32. The van der Waals surface area contributed by atoms with Gasteiger partial charge in [0.05, 0.1) is 25.2 Å². The molecule has 9 unspecified atom stereocenters. The fraction of sp³-hybridized carbons (Fsp3) is 0.952. The van der Waals surface area contributed by atoms with Gasteiger partial charge in [0, 0.05) is 13.0 Å². The Morgan fingerprint density at radius 3 is 2.30 bits per heavy atom. The highest BCUT2D eigenvalue weighted by atomic mass is 16.7. The molecule has 0 radical (unpaired) electrons. The fourth-order valence-electron chi connectivity index (χ4n) is 5.12. The summed E-state index contributed by atoms with van der Waals surface area (Å²) < 4.78 is 17.1. The molecular formula is C21H37NO11. The molecule has 0 saturated carbocycles. The molecule has 12 heteroatoms. The van der Waals surface area contributed by atoms with Crippen LogP contribution >= 0.6 is 0 Å². The van der Waals surface area contributed by atoms with Crippen molar-refractivity contribution in [3.8, 4) is 0 Å². The van der Waals surface area contributed by atoms with Crippen LogP contribution < -0.4 is 0 Å². The first kappa shape index (κ1) is 26.7. The number of amides is 1. The van der Waals surface area contributed by atoms with Gasteiger partial charge in [-0.1, -0.05) is 13.8 Å². The first-order valence-electron chi connectivity index (χ1n) is 11.5. The van der Waals surface area contributed by atoms with E-state index in [1.54, 1.807) is 0 Å². The zero-order chi connectivity index (χ0) is 24.5. The third-order valence-corrected chi connectivity index (χ3v) is 6.66. The second-order valence-corrected chi connectivity index (χ2v) is 9.73. The number of carbonyl (C=O) groups excluding carboxylic acids is 1. The Bertz CT molecular complexity index is 655. The van der Waals surface area contributed by atoms with E-state index < -0.39 is 68.1 Å². The zero-order valence-electron chi connectivity index (χ0n) is 18.9. The largest absolute Gasteiger partial charge is 0.394 e. The van der Waals surface area contributed by atoms with Crippen LogP contribution in [0.25, 0.3) is 0 Å². The van der Waals surface area contributed by atoms with Crippen molar-refractivity contribution in [2.75, 3.05) is 19.8 Å². The van der Waals surface area contributed by atoms with Crippen LogP contribution in [0.1, 0.15) is 39.5 Å². The lowest BCUT2D eigenvalue weighted by atomic mass is 9.91. The topological polar surface area (TPSA) is 190 Å². The molecule has 192 valence electrons. The van der Waals surface area contributed by atoms with E-state index in [2.05, 4.69) is 13.8 Å². The summed E-state index contributed by atoms with van der Waals surface area (Å²) in [4.78, 5) is 13.9. The predicted molar refractivity (Wildman–Crippen MR) is 110 cm³/mol. The van der Waals surface area contributed by atoms with Gasteiger partial charge in [-0.25, -0.2) is 0 Å². The molecule has 0 aromatic rings. The van der Waals surface area contributed by atoms with E-state index in [-0.39, 0.29) is 24.7 Å². The molecule has 9 atom stereocenters. The summed E-state index contributed by atoms with van der Waals surface area (Å²) >= 11 is 0. The molecule has 0 bridgehead atoms. The Balaban J connectivity index is 1.66. The molecule has 0 aliphatic carbocycles. The average molecular weight is 480 g/mol. The maximum atomic E-state index is 12.5. The average Bonchev–Trinajstić information content (AvgIpc) is 3.09. The van der Waals surface area contributed by atoms with Crippen molar-refractivity contribution in [1.82, 2.24) is 4.90 Å². The minimum Gasteiger partial charge on any atom is -0.394 e. The summed E-state index contributed by atoms with van der Waals surface area (Å²) in [5.74, 6) is -3.90. The van der Waals surface area contributed by atoms with Gasteiger partial charge in [-0.2, -0.15) is 0 Å². The highest BCUT2D eigenvalue weighted by Gasteiger charge is 2.51. The molecular weight excluding hydrogens is 442 g/mol. The highest BCUT2D eigenvalue weighted by molar-refractivity contribution is 5.79. The molecule has 12 nitrogen and oxygen atoms in total. The fourth-order valence-corrected chi connectivity index (χ4v) is 5.12. The molecule has 3 rings (SSSR count). The number of nitrogens with zero attached hydrogens (tertiary/aromatic N) is 1. The van der Waals surface area contributed by atoms with Crippen molar-refractivity contribution in [2.45, 2.75) is 88.5 Å². The van der Waals surface area contributed by atoms with Gasteiger partial charge < -0.3 is 54.9 Å². The first-order valence-corrected chi connectivity index (χ1v) is 11.5. The van der Waals surface area contributed by atoms with Crippen molar-refractivity contribution in [3.63, 3.8) is 0 Å². The van der Waals surface area contributed by atoms with Crippen molar-refractivity contribution in [2.24, 2.45) is 17.8 Å². The van der Waals surface area contributed by atoms with Crippen molar-refractivity contribution >= 4 is 5.91 Å². The molecule has 3 heterocycles. The summed E-state index contributed by atoms with van der Waals surface area (Å²) in [6, 6.07) is 0. The van der Waals surface area contributed by atoms with Crippen LogP contribution in [0, 0.1) is 17.8 Å². The quantitative estimate of drug-likeness (QED) is 0.181. The van der Waals surface area contributed by atoms with Crippen molar-refractivity contribution in [1.29, 1.82) is 0 Å². The van der Waals surface area contributed by atoms with Gasteiger partial charge in [-0.15, -0.1) is 0 Å². The van der Waals surface area contributed by atoms with Gasteiger partial charge in [-0.3, -0.25) is 4.79 Å². The van der Waals surface area contributed by atoms with Gasteiger partial charge >= 0.3 is 0 Å². The predicted octanol–water partition coefficient (Wildman–Crippen LogP) is -2.55. The normalized spacial score (nSPS) is 40.6. The molecule has 1 amide bonds. The third-order valence-electron chi connectivity index (χ3n) is 6.66. The number of likely N-dealkylation sites (tertiary alicyclic amines) is 1. The number of ether oxygens (including phenoxy) is 3. The maximum absolute atomic E-state index is 12.5. The molecule has 3 aliphatic heterocycles. The lowest BCUT2D eigenvalue weighted by Gasteiger charge is -2.47. The summed E-state index contributed by atoms with van der Waals surface area (Å²) in [5.41, 5.74) is 0. The summed E-state index contributed by atoms with van der Waals surface area (Å²) in [7, 11) is 0. The smallest absolute Gasteiger partial charge is 0.280 e. The Hall–Kier alpha value is -0.930. The van der Waals surface area contributed by atoms with Crippen LogP contribution in [0.15, 0.2) is 0 Å². The second kappa shape index (κ2) is 10.8.